The minimum atomic E-state index is -0.138. The Balaban J connectivity index is 1.96. The molecule has 110 valence electrons. The van der Waals surface area contributed by atoms with E-state index in [0.29, 0.717) is 5.92 Å². The van der Waals surface area contributed by atoms with E-state index < -0.39 is 0 Å². The third-order valence-electron chi connectivity index (χ3n) is 4.24. The number of carbonyl (C=O) groups is 1. The van der Waals surface area contributed by atoms with E-state index in [-0.39, 0.29) is 17.2 Å². The lowest BCUT2D eigenvalue weighted by Crippen LogP contribution is -2.28. The molecule has 1 aliphatic rings. The van der Waals surface area contributed by atoms with Crippen molar-refractivity contribution in [3.05, 3.63) is 23.8 Å². The zero-order valence-electron chi connectivity index (χ0n) is 12.7. The van der Waals surface area contributed by atoms with Gasteiger partial charge in [-0.2, -0.15) is 0 Å². The molecule has 0 aromatic carbocycles. The van der Waals surface area contributed by atoms with Crippen LogP contribution in [0.5, 0.6) is 0 Å². The van der Waals surface area contributed by atoms with Gasteiger partial charge < -0.3 is 5.73 Å². The van der Waals surface area contributed by atoms with Gasteiger partial charge in [-0.1, -0.05) is 20.8 Å². The molecule has 1 aromatic heterocycles. The fraction of sp³-hybridized carbons (Fsp3) is 0.688. The highest BCUT2D eigenvalue weighted by Crippen LogP contribution is 2.31. The minimum absolute atomic E-state index is 0.0569. The average Bonchev–Trinajstić information content (AvgIpc) is 2.38. The molecular formula is C16H25N3O. The molecule has 0 aliphatic heterocycles. The monoisotopic (exact) mass is 275 g/mol. The van der Waals surface area contributed by atoms with Gasteiger partial charge >= 0.3 is 0 Å². The highest BCUT2D eigenvalue weighted by molar-refractivity contribution is 5.76. The van der Waals surface area contributed by atoms with Crippen molar-refractivity contribution in [2.24, 2.45) is 17.6 Å². The molecule has 2 rings (SSSR count). The first-order valence-corrected chi connectivity index (χ1v) is 7.47. The van der Waals surface area contributed by atoms with E-state index in [0.717, 1.165) is 43.5 Å². The number of aromatic nitrogens is 2. The zero-order valence-corrected chi connectivity index (χ0v) is 12.7. The van der Waals surface area contributed by atoms with Crippen LogP contribution in [0.1, 0.15) is 57.8 Å². The Morgan fingerprint density at radius 3 is 2.45 bits per heavy atom. The standard InChI is InChI=1S/C16H25N3O/c1-16(2,3)14-9-13(18-10-19-14)8-11-4-6-12(7-5-11)15(17)20/h9-12H,4-8H2,1-3H3,(H2,17,20). The summed E-state index contributed by atoms with van der Waals surface area (Å²) in [4.78, 5) is 19.9. The maximum absolute atomic E-state index is 11.2. The summed E-state index contributed by atoms with van der Waals surface area (Å²) in [6, 6.07) is 2.13. The second kappa shape index (κ2) is 5.90. The van der Waals surface area contributed by atoms with Gasteiger partial charge in [-0.3, -0.25) is 4.79 Å². The van der Waals surface area contributed by atoms with Crippen molar-refractivity contribution < 1.29 is 4.79 Å². The third kappa shape index (κ3) is 3.78. The Morgan fingerprint density at radius 1 is 1.25 bits per heavy atom. The molecule has 1 fully saturated rings. The van der Waals surface area contributed by atoms with Crippen LogP contribution in [-0.4, -0.2) is 15.9 Å². The number of rotatable bonds is 3. The molecule has 1 amide bonds. The van der Waals surface area contributed by atoms with Crippen molar-refractivity contribution in [3.8, 4) is 0 Å². The smallest absolute Gasteiger partial charge is 0.220 e. The van der Waals surface area contributed by atoms with Gasteiger partial charge in [0, 0.05) is 22.7 Å². The van der Waals surface area contributed by atoms with Crippen molar-refractivity contribution in [1.82, 2.24) is 9.97 Å². The second-order valence-electron chi connectivity index (χ2n) is 6.97. The van der Waals surface area contributed by atoms with E-state index in [2.05, 4.69) is 36.8 Å². The topological polar surface area (TPSA) is 68.9 Å². The highest BCUT2D eigenvalue weighted by atomic mass is 16.1. The van der Waals surface area contributed by atoms with Crippen LogP contribution in [0.2, 0.25) is 0 Å². The number of hydrogen-bond donors (Lipinski definition) is 1. The summed E-state index contributed by atoms with van der Waals surface area (Å²) < 4.78 is 0. The van der Waals surface area contributed by atoms with Crippen LogP contribution in [0.25, 0.3) is 0 Å². The fourth-order valence-electron chi connectivity index (χ4n) is 2.87. The maximum Gasteiger partial charge on any atom is 0.220 e. The SMILES string of the molecule is CC(C)(C)c1cc(CC2CCC(C(N)=O)CC2)ncn1. The number of primary amides is 1. The summed E-state index contributed by atoms with van der Waals surface area (Å²) in [6.07, 6.45) is 6.65. The molecule has 20 heavy (non-hydrogen) atoms. The fourth-order valence-corrected chi connectivity index (χ4v) is 2.87. The Morgan fingerprint density at radius 2 is 1.90 bits per heavy atom. The molecule has 0 atom stereocenters. The highest BCUT2D eigenvalue weighted by Gasteiger charge is 2.25. The zero-order chi connectivity index (χ0) is 14.8. The van der Waals surface area contributed by atoms with Gasteiger partial charge in [-0.05, 0) is 44.1 Å². The minimum Gasteiger partial charge on any atom is -0.369 e. The summed E-state index contributed by atoms with van der Waals surface area (Å²) in [5.41, 5.74) is 7.64. The molecule has 0 spiro atoms. The number of hydrogen-bond acceptors (Lipinski definition) is 3. The van der Waals surface area contributed by atoms with Gasteiger partial charge in [-0.15, -0.1) is 0 Å². The molecule has 0 saturated heterocycles. The largest absolute Gasteiger partial charge is 0.369 e. The molecular weight excluding hydrogens is 250 g/mol. The molecule has 1 aliphatic carbocycles. The number of carbonyl (C=O) groups excluding carboxylic acids is 1. The van der Waals surface area contributed by atoms with Crippen molar-refractivity contribution in [2.75, 3.05) is 0 Å². The molecule has 2 N–H and O–H groups in total. The maximum atomic E-state index is 11.2. The van der Waals surface area contributed by atoms with E-state index in [1.807, 2.05) is 0 Å². The molecule has 0 bridgehead atoms. The molecule has 1 aromatic rings. The van der Waals surface area contributed by atoms with E-state index in [9.17, 15) is 4.79 Å². The van der Waals surface area contributed by atoms with Crippen LogP contribution >= 0.6 is 0 Å². The van der Waals surface area contributed by atoms with Gasteiger partial charge in [0.2, 0.25) is 5.91 Å². The number of nitrogens with zero attached hydrogens (tertiary/aromatic N) is 2. The molecule has 4 nitrogen and oxygen atoms in total. The summed E-state index contributed by atoms with van der Waals surface area (Å²) >= 11 is 0. The number of amides is 1. The summed E-state index contributed by atoms with van der Waals surface area (Å²) in [5.74, 6) is 0.565. The van der Waals surface area contributed by atoms with Crippen LogP contribution in [0.4, 0.5) is 0 Å². The van der Waals surface area contributed by atoms with E-state index in [1.54, 1.807) is 6.33 Å². The quantitative estimate of drug-likeness (QED) is 0.922. The van der Waals surface area contributed by atoms with Crippen LogP contribution in [0, 0.1) is 11.8 Å². The van der Waals surface area contributed by atoms with Crippen LogP contribution in [-0.2, 0) is 16.6 Å². The first-order chi connectivity index (χ1) is 9.36. The summed E-state index contributed by atoms with van der Waals surface area (Å²) in [6.45, 7) is 6.49. The lowest BCUT2D eigenvalue weighted by atomic mass is 9.79. The molecule has 0 unspecified atom stereocenters. The molecule has 1 saturated carbocycles. The third-order valence-corrected chi connectivity index (χ3v) is 4.24. The Labute approximate surface area is 121 Å². The Hall–Kier alpha value is -1.45. The predicted molar refractivity (Wildman–Crippen MR) is 79.1 cm³/mol. The van der Waals surface area contributed by atoms with Gasteiger partial charge in [-0.25, -0.2) is 9.97 Å². The molecule has 1 heterocycles. The Bertz CT molecular complexity index is 471. The van der Waals surface area contributed by atoms with Crippen molar-refractivity contribution in [1.29, 1.82) is 0 Å². The summed E-state index contributed by atoms with van der Waals surface area (Å²) in [5, 5.41) is 0. The van der Waals surface area contributed by atoms with Crippen molar-refractivity contribution >= 4 is 5.91 Å². The lowest BCUT2D eigenvalue weighted by Gasteiger charge is -2.26. The van der Waals surface area contributed by atoms with Gasteiger partial charge in [0.05, 0.1) is 0 Å². The van der Waals surface area contributed by atoms with E-state index in [4.69, 9.17) is 5.73 Å². The normalized spacial score (nSPS) is 23.6. The van der Waals surface area contributed by atoms with Crippen LogP contribution < -0.4 is 5.73 Å². The van der Waals surface area contributed by atoms with Crippen LogP contribution in [0.3, 0.4) is 0 Å². The second-order valence-corrected chi connectivity index (χ2v) is 6.97. The van der Waals surface area contributed by atoms with Crippen LogP contribution in [0.15, 0.2) is 12.4 Å². The summed E-state index contributed by atoms with van der Waals surface area (Å²) in [7, 11) is 0. The van der Waals surface area contributed by atoms with Gasteiger partial charge in [0.25, 0.3) is 0 Å². The predicted octanol–water partition coefficient (Wildman–Crippen LogP) is 2.61. The average molecular weight is 275 g/mol. The first kappa shape index (κ1) is 14.9. The Kier molecular flexibility index (Phi) is 4.41. The molecule has 0 radical (unpaired) electrons. The molecule has 4 heteroatoms. The van der Waals surface area contributed by atoms with E-state index in [1.165, 1.54) is 0 Å². The first-order valence-electron chi connectivity index (χ1n) is 7.47. The number of nitrogens with two attached hydrogens (primary N) is 1. The van der Waals surface area contributed by atoms with Gasteiger partial charge in [0.1, 0.15) is 6.33 Å². The lowest BCUT2D eigenvalue weighted by molar-refractivity contribution is -0.122. The van der Waals surface area contributed by atoms with Crippen molar-refractivity contribution in [2.45, 2.75) is 58.3 Å². The van der Waals surface area contributed by atoms with E-state index >= 15 is 0 Å². The van der Waals surface area contributed by atoms with Gasteiger partial charge in [0.15, 0.2) is 0 Å². The van der Waals surface area contributed by atoms with Crippen molar-refractivity contribution in [3.63, 3.8) is 0 Å².